The molecule has 1 fully saturated rings. The molecular formula is C15H19F2NO2. The molecule has 1 aliphatic carbocycles. The summed E-state index contributed by atoms with van der Waals surface area (Å²) in [4.78, 5) is 0. The van der Waals surface area contributed by atoms with Crippen molar-refractivity contribution in [1.82, 2.24) is 0 Å². The van der Waals surface area contributed by atoms with Crippen LogP contribution in [0.1, 0.15) is 37.3 Å². The molecule has 5 heteroatoms. The van der Waals surface area contributed by atoms with Gasteiger partial charge in [-0.2, -0.15) is 0 Å². The van der Waals surface area contributed by atoms with Crippen LogP contribution in [-0.4, -0.2) is 18.8 Å². The lowest BCUT2D eigenvalue weighted by Crippen LogP contribution is -2.26. The average molecular weight is 283 g/mol. The Balaban J connectivity index is 2.03. The molecule has 0 radical (unpaired) electrons. The van der Waals surface area contributed by atoms with E-state index in [1.807, 2.05) is 0 Å². The molecule has 0 bridgehead atoms. The second-order valence-corrected chi connectivity index (χ2v) is 5.93. The molecule has 0 spiro atoms. The Bertz CT molecular complexity index is 521. The highest BCUT2D eigenvalue weighted by atomic mass is 19.3. The SMILES string of the molecule is CC(F)(F)c1cc2c(cc1CC1(N)CC1)OCCCO2. The quantitative estimate of drug-likeness (QED) is 0.927. The van der Waals surface area contributed by atoms with Crippen LogP contribution in [0.3, 0.4) is 0 Å². The van der Waals surface area contributed by atoms with Gasteiger partial charge in [0.15, 0.2) is 11.5 Å². The molecule has 0 saturated heterocycles. The van der Waals surface area contributed by atoms with E-state index >= 15 is 0 Å². The van der Waals surface area contributed by atoms with Crippen LogP contribution in [0.5, 0.6) is 11.5 Å². The van der Waals surface area contributed by atoms with Crippen molar-refractivity contribution in [3.8, 4) is 11.5 Å². The van der Waals surface area contributed by atoms with Crippen LogP contribution in [0.15, 0.2) is 12.1 Å². The van der Waals surface area contributed by atoms with Gasteiger partial charge in [-0.15, -0.1) is 0 Å². The molecule has 20 heavy (non-hydrogen) atoms. The van der Waals surface area contributed by atoms with E-state index in [4.69, 9.17) is 15.2 Å². The molecule has 2 N–H and O–H groups in total. The van der Waals surface area contributed by atoms with Crippen molar-refractivity contribution < 1.29 is 18.3 Å². The van der Waals surface area contributed by atoms with E-state index in [-0.39, 0.29) is 11.1 Å². The Morgan fingerprint density at radius 1 is 1.20 bits per heavy atom. The fraction of sp³-hybridized carbons (Fsp3) is 0.600. The summed E-state index contributed by atoms with van der Waals surface area (Å²) in [6.07, 6.45) is 2.98. The van der Waals surface area contributed by atoms with Gasteiger partial charge < -0.3 is 15.2 Å². The van der Waals surface area contributed by atoms with E-state index < -0.39 is 5.92 Å². The summed E-state index contributed by atoms with van der Waals surface area (Å²) in [7, 11) is 0. The number of nitrogens with two attached hydrogens (primary N) is 1. The third kappa shape index (κ3) is 2.73. The van der Waals surface area contributed by atoms with Crippen LogP contribution in [0.25, 0.3) is 0 Å². The minimum absolute atomic E-state index is 0.00141. The predicted molar refractivity (Wildman–Crippen MR) is 71.5 cm³/mol. The number of halogens is 2. The molecule has 0 aromatic heterocycles. The Morgan fingerprint density at radius 3 is 2.35 bits per heavy atom. The number of rotatable bonds is 3. The highest BCUT2D eigenvalue weighted by Gasteiger charge is 2.40. The van der Waals surface area contributed by atoms with Gasteiger partial charge in [0.05, 0.1) is 13.2 Å². The first-order valence-corrected chi connectivity index (χ1v) is 6.97. The minimum Gasteiger partial charge on any atom is -0.490 e. The lowest BCUT2D eigenvalue weighted by Gasteiger charge is -2.20. The van der Waals surface area contributed by atoms with E-state index in [1.54, 1.807) is 6.07 Å². The van der Waals surface area contributed by atoms with Gasteiger partial charge >= 0.3 is 0 Å². The first kappa shape index (κ1) is 13.6. The van der Waals surface area contributed by atoms with E-state index in [0.29, 0.717) is 36.7 Å². The largest absolute Gasteiger partial charge is 0.490 e. The summed E-state index contributed by atoms with van der Waals surface area (Å²) in [6, 6.07) is 3.10. The molecular weight excluding hydrogens is 264 g/mol. The molecule has 1 aliphatic heterocycles. The van der Waals surface area contributed by atoms with Crippen LogP contribution < -0.4 is 15.2 Å². The molecule has 1 heterocycles. The van der Waals surface area contributed by atoms with Gasteiger partial charge in [0.25, 0.3) is 5.92 Å². The third-order valence-electron chi connectivity index (χ3n) is 3.88. The van der Waals surface area contributed by atoms with Crippen molar-refractivity contribution in [2.45, 2.75) is 44.1 Å². The first-order chi connectivity index (χ1) is 9.37. The minimum atomic E-state index is -2.91. The lowest BCUT2D eigenvalue weighted by atomic mass is 9.95. The zero-order valence-corrected chi connectivity index (χ0v) is 11.5. The molecule has 3 rings (SSSR count). The maximum Gasteiger partial charge on any atom is 0.270 e. The maximum atomic E-state index is 13.8. The van der Waals surface area contributed by atoms with Gasteiger partial charge in [0.2, 0.25) is 0 Å². The van der Waals surface area contributed by atoms with Crippen LogP contribution in [0, 0.1) is 0 Å². The van der Waals surface area contributed by atoms with Gasteiger partial charge in [0.1, 0.15) is 0 Å². The van der Waals surface area contributed by atoms with Crippen molar-refractivity contribution >= 4 is 0 Å². The molecule has 2 aliphatic rings. The van der Waals surface area contributed by atoms with Crippen molar-refractivity contribution in [1.29, 1.82) is 0 Å². The second kappa shape index (κ2) is 4.58. The first-order valence-electron chi connectivity index (χ1n) is 6.97. The zero-order chi connectivity index (χ0) is 14.4. The number of ether oxygens (including phenoxy) is 2. The summed E-state index contributed by atoms with van der Waals surface area (Å²) in [5, 5.41) is 0. The van der Waals surface area contributed by atoms with E-state index in [9.17, 15) is 8.78 Å². The van der Waals surface area contributed by atoms with Crippen LogP contribution in [0.4, 0.5) is 8.78 Å². The van der Waals surface area contributed by atoms with Crippen molar-refractivity contribution in [3.05, 3.63) is 23.3 Å². The van der Waals surface area contributed by atoms with E-state index in [1.165, 1.54) is 6.07 Å². The van der Waals surface area contributed by atoms with Gasteiger partial charge in [0, 0.05) is 24.4 Å². The highest BCUT2D eigenvalue weighted by Crippen LogP contribution is 2.43. The second-order valence-electron chi connectivity index (χ2n) is 5.93. The number of fused-ring (bicyclic) bond motifs is 1. The molecule has 3 nitrogen and oxygen atoms in total. The molecule has 1 aromatic rings. The lowest BCUT2D eigenvalue weighted by molar-refractivity contribution is 0.0162. The Kier molecular flexibility index (Phi) is 3.12. The molecule has 0 unspecified atom stereocenters. The fourth-order valence-corrected chi connectivity index (χ4v) is 2.52. The Hall–Kier alpha value is -1.36. The summed E-state index contributed by atoms with van der Waals surface area (Å²) >= 11 is 0. The van der Waals surface area contributed by atoms with Crippen molar-refractivity contribution in [2.75, 3.05) is 13.2 Å². The Morgan fingerprint density at radius 2 is 1.80 bits per heavy atom. The van der Waals surface area contributed by atoms with Crippen molar-refractivity contribution in [3.63, 3.8) is 0 Å². The summed E-state index contributed by atoms with van der Waals surface area (Å²) < 4.78 is 38.8. The van der Waals surface area contributed by atoms with Crippen molar-refractivity contribution in [2.24, 2.45) is 5.73 Å². The van der Waals surface area contributed by atoms with Crippen LogP contribution in [0.2, 0.25) is 0 Å². The summed E-state index contributed by atoms with van der Waals surface area (Å²) in [5.41, 5.74) is 6.33. The van der Waals surface area contributed by atoms with Gasteiger partial charge in [-0.3, -0.25) is 0 Å². The number of hydrogen-bond donors (Lipinski definition) is 1. The monoisotopic (exact) mass is 283 g/mol. The molecule has 0 atom stereocenters. The molecule has 110 valence electrons. The predicted octanol–water partition coefficient (Wildman–Crippen LogP) is 2.99. The standard InChI is InChI=1S/C15H19F2NO2/c1-14(16,17)11-8-13-12(19-5-2-6-20-13)7-10(11)9-15(18)3-4-15/h7-8H,2-6,9,18H2,1H3. The highest BCUT2D eigenvalue weighted by molar-refractivity contribution is 5.50. The van der Waals surface area contributed by atoms with Crippen LogP contribution >= 0.6 is 0 Å². The number of alkyl halides is 2. The normalized spacial score (nSPS) is 20.4. The number of hydrogen-bond acceptors (Lipinski definition) is 3. The van der Waals surface area contributed by atoms with E-state index in [0.717, 1.165) is 26.2 Å². The molecule has 1 aromatic carbocycles. The van der Waals surface area contributed by atoms with Crippen LogP contribution in [-0.2, 0) is 12.3 Å². The summed E-state index contributed by atoms with van der Waals surface area (Å²) in [5.74, 6) is -1.95. The number of benzene rings is 1. The smallest absolute Gasteiger partial charge is 0.270 e. The third-order valence-corrected chi connectivity index (χ3v) is 3.88. The Labute approximate surface area is 117 Å². The topological polar surface area (TPSA) is 44.5 Å². The average Bonchev–Trinajstić information content (AvgIpc) is 3.10. The summed E-state index contributed by atoms with van der Waals surface area (Å²) in [6.45, 7) is 1.94. The van der Waals surface area contributed by atoms with Gasteiger partial charge in [-0.05, 0) is 37.0 Å². The van der Waals surface area contributed by atoms with E-state index in [2.05, 4.69) is 0 Å². The maximum absolute atomic E-state index is 13.8. The zero-order valence-electron chi connectivity index (χ0n) is 11.5. The van der Waals surface area contributed by atoms with Gasteiger partial charge in [-0.1, -0.05) is 0 Å². The van der Waals surface area contributed by atoms with Gasteiger partial charge in [-0.25, -0.2) is 8.78 Å². The molecule has 0 amide bonds. The fourth-order valence-electron chi connectivity index (χ4n) is 2.52. The molecule has 1 saturated carbocycles.